The molecular formula is C11H13NO2. The number of non-ortho nitro benzene ring substituents is 1. The lowest BCUT2D eigenvalue weighted by atomic mass is 10.1. The summed E-state index contributed by atoms with van der Waals surface area (Å²) >= 11 is 0. The van der Waals surface area contributed by atoms with E-state index in [1.807, 2.05) is 6.08 Å². The Morgan fingerprint density at radius 3 is 2.29 bits per heavy atom. The first-order valence-electron chi connectivity index (χ1n) is 4.52. The molecule has 1 rings (SSSR count). The number of allylic oxidation sites excluding steroid dienone is 1. The van der Waals surface area contributed by atoms with Gasteiger partial charge in [-0.2, -0.15) is 0 Å². The summed E-state index contributed by atoms with van der Waals surface area (Å²) in [6.45, 7) is 4.17. The molecule has 14 heavy (non-hydrogen) atoms. The Morgan fingerprint density at radius 1 is 1.29 bits per heavy atom. The predicted octanol–water partition coefficient (Wildman–Crippen LogP) is 3.26. The van der Waals surface area contributed by atoms with Crippen LogP contribution in [0.3, 0.4) is 0 Å². The minimum Gasteiger partial charge on any atom is -0.258 e. The highest BCUT2D eigenvalue weighted by Crippen LogP contribution is 2.13. The standard InChI is InChI=1S/C11H13NO2/c1-9(2)3-4-10-5-7-11(8-6-10)12(13)14/h3-9H,1-2H3/b4-3+. The van der Waals surface area contributed by atoms with E-state index in [1.54, 1.807) is 12.1 Å². The molecule has 3 nitrogen and oxygen atoms in total. The van der Waals surface area contributed by atoms with Crippen LogP contribution in [0.2, 0.25) is 0 Å². The molecule has 0 saturated heterocycles. The summed E-state index contributed by atoms with van der Waals surface area (Å²) in [4.78, 5) is 9.97. The minimum atomic E-state index is -0.393. The quantitative estimate of drug-likeness (QED) is 0.543. The Morgan fingerprint density at radius 2 is 1.86 bits per heavy atom. The zero-order valence-corrected chi connectivity index (χ0v) is 8.31. The van der Waals surface area contributed by atoms with Crippen molar-refractivity contribution in [3.8, 4) is 0 Å². The maximum absolute atomic E-state index is 10.4. The van der Waals surface area contributed by atoms with Crippen LogP contribution in [-0.2, 0) is 0 Å². The Labute approximate surface area is 83.2 Å². The lowest BCUT2D eigenvalue weighted by molar-refractivity contribution is -0.384. The van der Waals surface area contributed by atoms with Gasteiger partial charge < -0.3 is 0 Å². The third-order valence-corrected chi connectivity index (χ3v) is 1.78. The summed E-state index contributed by atoms with van der Waals surface area (Å²) in [6.07, 6.45) is 4.02. The van der Waals surface area contributed by atoms with E-state index >= 15 is 0 Å². The first-order valence-corrected chi connectivity index (χ1v) is 4.52. The minimum absolute atomic E-state index is 0.131. The van der Waals surface area contributed by atoms with Gasteiger partial charge in [0.2, 0.25) is 0 Å². The third kappa shape index (κ3) is 3.01. The van der Waals surface area contributed by atoms with Gasteiger partial charge in [0.05, 0.1) is 4.92 Å². The van der Waals surface area contributed by atoms with Gasteiger partial charge in [0, 0.05) is 12.1 Å². The van der Waals surface area contributed by atoms with Crippen molar-refractivity contribution >= 4 is 11.8 Å². The van der Waals surface area contributed by atoms with Crippen LogP contribution in [0.5, 0.6) is 0 Å². The molecule has 0 spiro atoms. The number of nitro groups is 1. The van der Waals surface area contributed by atoms with Crippen molar-refractivity contribution in [2.24, 2.45) is 5.92 Å². The van der Waals surface area contributed by atoms with Crippen molar-refractivity contribution in [3.05, 3.63) is 46.0 Å². The number of benzene rings is 1. The van der Waals surface area contributed by atoms with Gasteiger partial charge in [-0.3, -0.25) is 10.1 Å². The zero-order chi connectivity index (χ0) is 10.6. The molecule has 0 aliphatic carbocycles. The van der Waals surface area contributed by atoms with Crippen LogP contribution in [0.4, 0.5) is 5.69 Å². The molecule has 0 bridgehead atoms. The van der Waals surface area contributed by atoms with E-state index in [9.17, 15) is 10.1 Å². The van der Waals surface area contributed by atoms with Crippen LogP contribution >= 0.6 is 0 Å². The monoisotopic (exact) mass is 191 g/mol. The van der Waals surface area contributed by atoms with Crippen LogP contribution in [0.25, 0.3) is 6.08 Å². The molecule has 0 unspecified atom stereocenters. The van der Waals surface area contributed by atoms with Crippen molar-refractivity contribution < 1.29 is 4.92 Å². The molecule has 0 heterocycles. The molecule has 0 aliphatic rings. The molecule has 74 valence electrons. The van der Waals surface area contributed by atoms with Gasteiger partial charge in [-0.25, -0.2) is 0 Å². The number of rotatable bonds is 3. The van der Waals surface area contributed by atoms with Crippen molar-refractivity contribution in [3.63, 3.8) is 0 Å². The Hall–Kier alpha value is -1.64. The van der Waals surface area contributed by atoms with Gasteiger partial charge in [0.1, 0.15) is 0 Å². The molecule has 3 heteroatoms. The van der Waals surface area contributed by atoms with Crippen LogP contribution in [0.1, 0.15) is 19.4 Å². The lowest BCUT2D eigenvalue weighted by Gasteiger charge is -1.95. The van der Waals surface area contributed by atoms with Crippen LogP contribution in [-0.4, -0.2) is 4.92 Å². The first kappa shape index (κ1) is 10.4. The number of nitro benzene ring substituents is 1. The van der Waals surface area contributed by atoms with Gasteiger partial charge in [0.15, 0.2) is 0 Å². The maximum Gasteiger partial charge on any atom is 0.269 e. The van der Waals surface area contributed by atoms with E-state index in [0.29, 0.717) is 5.92 Å². The average molecular weight is 191 g/mol. The number of nitrogens with zero attached hydrogens (tertiary/aromatic N) is 1. The summed E-state index contributed by atoms with van der Waals surface area (Å²) in [5.41, 5.74) is 1.12. The van der Waals surface area contributed by atoms with Crippen molar-refractivity contribution in [2.75, 3.05) is 0 Å². The fraction of sp³-hybridized carbons (Fsp3) is 0.273. The molecule has 0 N–H and O–H groups in total. The van der Waals surface area contributed by atoms with E-state index in [0.717, 1.165) is 5.56 Å². The SMILES string of the molecule is CC(C)/C=C/c1ccc([N+](=O)[O-])cc1. The second-order valence-corrected chi connectivity index (χ2v) is 3.45. The molecular weight excluding hydrogens is 178 g/mol. The zero-order valence-electron chi connectivity index (χ0n) is 8.31. The van der Waals surface area contributed by atoms with Crippen molar-refractivity contribution in [2.45, 2.75) is 13.8 Å². The van der Waals surface area contributed by atoms with Crippen LogP contribution in [0, 0.1) is 16.0 Å². The molecule has 0 aliphatic heterocycles. The second-order valence-electron chi connectivity index (χ2n) is 3.45. The highest BCUT2D eigenvalue weighted by molar-refractivity contribution is 5.51. The smallest absolute Gasteiger partial charge is 0.258 e. The number of hydrogen-bond acceptors (Lipinski definition) is 2. The maximum atomic E-state index is 10.4. The largest absolute Gasteiger partial charge is 0.269 e. The molecule has 0 radical (unpaired) electrons. The summed E-state index contributed by atoms with van der Waals surface area (Å²) < 4.78 is 0. The van der Waals surface area contributed by atoms with Gasteiger partial charge in [-0.15, -0.1) is 0 Å². The molecule has 0 atom stereocenters. The summed E-state index contributed by atoms with van der Waals surface area (Å²) in [5, 5.41) is 10.4. The normalized spacial score (nSPS) is 11.1. The van der Waals surface area contributed by atoms with Gasteiger partial charge in [0.25, 0.3) is 5.69 Å². The Bertz CT molecular complexity index is 339. The lowest BCUT2D eigenvalue weighted by Crippen LogP contribution is -1.86. The van der Waals surface area contributed by atoms with E-state index in [4.69, 9.17) is 0 Å². The fourth-order valence-corrected chi connectivity index (χ4v) is 1.01. The third-order valence-electron chi connectivity index (χ3n) is 1.78. The second kappa shape index (κ2) is 4.56. The van der Waals surface area contributed by atoms with Crippen LogP contribution in [0.15, 0.2) is 30.3 Å². The Balaban J connectivity index is 2.78. The topological polar surface area (TPSA) is 43.1 Å². The van der Waals surface area contributed by atoms with Gasteiger partial charge >= 0.3 is 0 Å². The summed E-state index contributed by atoms with van der Waals surface area (Å²) in [6, 6.07) is 6.52. The first-order chi connectivity index (χ1) is 6.59. The molecule has 1 aromatic rings. The predicted molar refractivity (Wildman–Crippen MR) is 57.0 cm³/mol. The van der Waals surface area contributed by atoms with Gasteiger partial charge in [-0.05, 0) is 23.6 Å². The molecule has 0 fully saturated rings. The molecule has 0 saturated carbocycles. The number of hydrogen-bond donors (Lipinski definition) is 0. The van der Waals surface area contributed by atoms with Crippen molar-refractivity contribution in [1.29, 1.82) is 0 Å². The molecule has 1 aromatic carbocycles. The van der Waals surface area contributed by atoms with E-state index < -0.39 is 4.92 Å². The van der Waals surface area contributed by atoms with Crippen LogP contribution < -0.4 is 0 Å². The highest BCUT2D eigenvalue weighted by Gasteiger charge is 2.01. The average Bonchev–Trinajstić information content (AvgIpc) is 2.15. The fourth-order valence-electron chi connectivity index (χ4n) is 1.01. The van der Waals surface area contributed by atoms with Gasteiger partial charge in [-0.1, -0.05) is 26.0 Å². The molecule has 0 amide bonds. The Kier molecular flexibility index (Phi) is 3.40. The summed E-state index contributed by atoms with van der Waals surface area (Å²) in [5.74, 6) is 0.491. The van der Waals surface area contributed by atoms with E-state index in [-0.39, 0.29) is 5.69 Å². The highest BCUT2D eigenvalue weighted by atomic mass is 16.6. The molecule has 0 aromatic heterocycles. The van der Waals surface area contributed by atoms with Crippen molar-refractivity contribution in [1.82, 2.24) is 0 Å². The summed E-state index contributed by atoms with van der Waals surface area (Å²) in [7, 11) is 0. The van der Waals surface area contributed by atoms with E-state index in [1.165, 1.54) is 12.1 Å². The van der Waals surface area contributed by atoms with E-state index in [2.05, 4.69) is 19.9 Å².